The van der Waals surface area contributed by atoms with Gasteiger partial charge in [-0.3, -0.25) is 15.1 Å². The van der Waals surface area contributed by atoms with Gasteiger partial charge in [0.25, 0.3) is 5.91 Å². The van der Waals surface area contributed by atoms with E-state index in [-0.39, 0.29) is 22.7 Å². The van der Waals surface area contributed by atoms with Crippen LogP contribution >= 0.6 is 11.6 Å². The first-order chi connectivity index (χ1) is 8.69. The Bertz CT molecular complexity index is 563. The number of halogens is 1. The number of nitrogens with zero attached hydrogens (tertiary/aromatic N) is 4. The molecule has 0 atom stereocenters. The molecule has 0 aliphatic heterocycles. The van der Waals surface area contributed by atoms with Gasteiger partial charge in [-0.15, -0.1) is 0 Å². The Morgan fingerprint density at radius 2 is 2.22 bits per heavy atom. The molecule has 18 heavy (non-hydrogen) atoms. The zero-order valence-electron chi connectivity index (χ0n) is 9.29. The number of carbonyl (C=O) groups excluding carboxylic acids is 1. The highest BCUT2D eigenvalue weighted by Crippen LogP contribution is 2.15. The maximum atomic E-state index is 11.7. The summed E-state index contributed by atoms with van der Waals surface area (Å²) in [5.74, 6) is -0.188. The van der Waals surface area contributed by atoms with Crippen molar-refractivity contribution in [3.05, 3.63) is 35.5 Å². The van der Waals surface area contributed by atoms with E-state index in [0.29, 0.717) is 0 Å². The van der Waals surface area contributed by atoms with E-state index in [0.717, 1.165) is 0 Å². The lowest BCUT2D eigenvalue weighted by Crippen LogP contribution is -2.16. The van der Waals surface area contributed by atoms with Gasteiger partial charge >= 0.3 is 0 Å². The van der Waals surface area contributed by atoms with E-state index in [1.807, 2.05) is 0 Å². The van der Waals surface area contributed by atoms with Crippen LogP contribution in [0.25, 0.3) is 0 Å². The Kier molecular flexibility index (Phi) is 3.63. The van der Waals surface area contributed by atoms with Crippen LogP contribution in [0.5, 0.6) is 5.88 Å². The van der Waals surface area contributed by atoms with Crippen molar-refractivity contribution in [2.75, 3.05) is 12.4 Å². The molecule has 2 rings (SSSR count). The zero-order chi connectivity index (χ0) is 13.0. The van der Waals surface area contributed by atoms with Crippen molar-refractivity contribution in [3.63, 3.8) is 0 Å². The molecular formula is C10H8ClN5O2. The Balaban J connectivity index is 2.19. The van der Waals surface area contributed by atoms with Crippen LogP contribution in [0.4, 0.5) is 5.95 Å². The Hall–Kier alpha value is -2.28. The number of rotatable bonds is 3. The van der Waals surface area contributed by atoms with Crippen LogP contribution in [0.1, 0.15) is 10.5 Å². The first-order valence-electron chi connectivity index (χ1n) is 4.85. The van der Waals surface area contributed by atoms with Gasteiger partial charge in [-0.1, -0.05) is 11.6 Å². The van der Waals surface area contributed by atoms with Crippen molar-refractivity contribution in [2.45, 2.75) is 0 Å². The smallest absolute Gasteiger partial charge is 0.278 e. The lowest BCUT2D eigenvalue weighted by Gasteiger charge is -2.05. The standard InChI is InChI=1S/C10H8ClN5O2/c1-18-8-4-7(11)14-10(15-8)16-9(17)6-5-12-2-3-13-6/h2-5H,1H3,(H,14,15,16,17). The van der Waals surface area contributed by atoms with E-state index in [4.69, 9.17) is 16.3 Å². The molecule has 0 spiro atoms. The number of hydrogen-bond acceptors (Lipinski definition) is 6. The number of ether oxygens (including phenoxy) is 1. The molecule has 0 bridgehead atoms. The first kappa shape index (κ1) is 12.2. The lowest BCUT2D eigenvalue weighted by atomic mass is 10.4. The minimum absolute atomic E-state index is 0.0370. The average molecular weight is 266 g/mol. The molecule has 8 heteroatoms. The summed E-state index contributed by atoms with van der Waals surface area (Å²) in [5.41, 5.74) is 0.153. The lowest BCUT2D eigenvalue weighted by molar-refractivity contribution is 0.102. The summed E-state index contributed by atoms with van der Waals surface area (Å²) in [6, 6.07) is 1.43. The molecule has 7 nitrogen and oxygen atoms in total. The molecule has 2 aromatic rings. The van der Waals surface area contributed by atoms with Crippen molar-refractivity contribution in [3.8, 4) is 5.88 Å². The topological polar surface area (TPSA) is 89.9 Å². The molecule has 1 N–H and O–H groups in total. The van der Waals surface area contributed by atoms with Crippen LogP contribution in [0.3, 0.4) is 0 Å². The third-order valence-electron chi connectivity index (χ3n) is 1.90. The first-order valence-corrected chi connectivity index (χ1v) is 5.23. The summed E-state index contributed by atoms with van der Waals surface area (Å²) in [7, 11) is 1.44. The Labute approximate surface area is 107 Å². The molecular weight excluding hydrogens is 258 g/mol. The Morgan fingerprint density at radius 3 is 2.89 bits per heavy atom. The van der Waals surface area contributed by atoms with Crippen molar-refractivity contribution in [1.82, 2.24) is 19.9 Å². The molecule has 2 heterocycles. The molecule has 2 aromatic heterocycles. The molecule has 1 amide bonds. The van der Waals surface area contributed by atoms with Gasteiger partial charge in [-0.05, 0) is 0 Å². The number of nitrogens with one attached hydrogen (secondary N) is 1. The van der Waals surface area contributed by atoms with Crippen LogP contribution < -0.4 is 10.1 Å². The monoisotopic (exact) mass is 265 g/mol. The second-order valence-corrected chi connectivity index (χ2v) is 3.49. The fourth-order valence-corrected chi connectivity index (χ4v) is 1.31. The second kappa shape index (κ2) is 5.37. The zero-order valence-corrected chi connectivity index (χ0v) is 10.0. The highest BCUT2D eigenvalue weighted by Gasteiger charge is 2.10. The Morgan fingerprint density at radius 1 is 1.39 bits per heavy atom. The van der Waals surface area contributed by atoms with Gasteiger partial charge in [0.15, 0.2) is 0 Å². The summed E-state index contributed by atoms with van der Waals surface area (Å²) in [5, 5.41) is 2.61. The third kappa shape index (κ3) is 2.89. The quantitative estimate of drug-likeness (QED) is 0.838. The van der Waals surface area contributed by atoms with Crippen LogP contribution in [0.15, 0.2) is 24.7 Å². The van der Waals surface area contributed by atoms with Crippen molar-refractivity contribution >= 4 is 23.5 Å². The summed E-state index contributed by atoms with van der Waals surface area (Å²) >= 11 is 5.75. The molecule has 0 aromatic carbocycles. The van der Waals surface area contributed by atoms with Crippen LogP contribution in [-0.2, 0) is 0 Å². The second-order valence-electron chi connectivity index (χ2n) is 3.10. The van der Waals surface area contributed by atoms with E-state index in [1.54, 1.807) is 0 Å². The van der Waals surface area contributed by atoms with Gasteiger partial charge in [0.1, 0.15) is 10.8 Å². The SMILES string of the molecule is COc1cc(Cl)nc(NC(=O)c2cnccn2)n1. The molecule has 0 aliphatic rings. The maximum Gasteiger partial charge on any atom is 0.278 e. The molecule has 0 saturated carbocycles. The summed E-state index contributed by atoms with van der Waals surface area (Å²) in [6.45, 7) is 0. The summed E-state index contributed by atoms with van der Waals surface area (Å²) in [4.78, 5) is 27.1. The molecule has 0 unspecified atom stereocenters. The van der Waals surface area contributed by atoms with Crippen LogP contribution in [0, 0.1) is 0 Å². The average Bonchev–Trinajstić information content (AvgIpc) is 2.39. The molecule has 0 aliphatic carbocycles. The van der Waals surface area contributed by atoms with Gasteiger partial charge in [0, 0.05) is 18.5 Å². The van der Waals surface area contributed by atoms with Crippen LogP contribution in [-0.4, -0.2) is 33.0 Å². The van der Waals surface area contributed by atoms with Crippen LogP contribution in [0.2, 0.25) is 5.15 Å². The molecule has 92 valence electrons. The van der Waals surface area contributed by atoms with Gasteiger partial charge in [0.05, 0.1) is 13.3 Å². The van der Waals surface area contributed by atoms with Gasteiger partial charge in [0.2, 0.25) is 11.8 Å². The minimum atomic E-state index is -0.479. The molecule has 0 saturated heterocycles. The number of methoxy groups -OCH3 is 1. The predicted molar refractivity (Wildman–Crippen MR) is 63.6 cm³/mol. The fraction of sp³-hybridized carbons (Fsp3) is 0.100. The number of hydrogen-bond donors (Lipinski definition) is 1. The van der Waals surface area contributed by atoms with Crippen molar-refractivity contribution < 1.29 is 9.53 Å². The minimum Gasteiger partial charge on any atom is -0.481 e. The van der Waals surface area contributed by atoms with Crippen molar-refractivity contribution in [1.29, 1.82) is 0 Å². The fourth-order valence-electron chi connectivity index (χ4n) is 1.14. The van der Waals surface area contributed by atoms with Gasteiger partial charge in [-0.2, -0.15) is 4.98 Å². The number of aromatic nitrogens is 4. The van der Waals surface area contributed by atoms with E-state index in [1.165, 1.54) is 31.8 Å². The highest BCUT2D eigenvalue weighted by molar-refractivity contribution is 6.29. The number of amides is 1. The number of anilines is 1. The van der Waals surface area contributed by atoms with E-state index < -0.39 is 5.91 Å². The van der Waals surface area contributed by atoms with E-state index in [2.05, 4.69) is 25.3 Å². The largest absolute Gasteiger partial charge is 0.481 e. The normalized spacial score (nSPS) is 9.89. The van der Waals surface area contributed by atoms with E-state index >= 15 is 0 Å². The third-order valence-corrected chi connectivity index (χ3v) is 2.10. The predicted octanol–water partition coefficient (Wildman–Crippen LogP) is 1.18. The summed E-state index contributed by atoms with van der Waals surface area (Å²) < 4.78 is 4.91. The van der Waals surface area contributed by atoms with Crippen molar-refractivity contribution in [2.24, 2.45) is 0 Å². The van der Waals surface area contributed by atoms with Gasteiger partial charge < -0.3 is 4.74 Å². The molecule has 0 radical (unpaired) electrons. The van der Waals surface area contributed by atoms with E-state index in [9.17, 15) is 4.79 Å². The maximum absolute atomic E-state index is 11.7. The summed E-state index contributed by atoms with van der Waals surface area (Å²) in [6.07, 6.45) is 4.21. The number of carbonyl (C=O) groups is 1. The van der Waals surface area contributed by atoms with Gasteiger partial charge in [-0.25, -0.2) is 9.97 Å². The molecule has 0 fully saturated rings. The highest BCUT2D eigenvalue weighted by atomic mass is 35.5.